The zero-order valence-electron chi connectivity index (χ0n) is 6.37. The van der Waals surface area contributed by atoms with Gasteiger partial charge in [-0.3, -0.25) is 4.79 Å². The van der Waals surface area contributed by atoms with E-state index in [-0.39, 0.29) is 5.56 Å². The van der Waals surface area contributed by atoms with Gasteiger partial charge in [0, 0.05) is 11.8 Å². The first-order valence-electron chi connectivity index (χ1n) is 3.35. The molecular formula is C9H9NO. The van der Waals surface area contributed by atoms with E-state index < -0.39 is 0 Å². The van der Waals surface area contributed by atoms with Gasteiger partial charge in [-0.15, -0.1) is 6.42 Å². The summed E-state index contributed by atoms with van der Waals surface area (Å²) in [5.41, 5.74) is 0.860. The van der Waals surface area contributed by atoms with Crippen LogP contribution in [0.25, 0.3) is 0 Å². The van der Waals surface area contributed by atoms with Crippen LogP contribution in [0.5, 0.6) is 0 Å². The second-order valence-electron chi connectivity index (χ2n) is 2.30. The number of nitrogens with zero attached hydrogens (tertiary/aromatic N) is 1. The average Bonchev–Trinajstić information content (AvgIpc) is 1.97. The van der Waals surface area contributed by atoms with Gasteiger partial charge in [0.05, 0.1) is 6.54 Å². The van der Waals surface area contributed by atoms with Crippen molar-refractivity contribution in [1.82, 2.24) is 4.57 Å². The summed E-state index contributed by atoms with van der Waals surface area (Å²) < 4.78 is 1.56. The minimum Gasteiger partial charge on any atom is -0.301 e. The lowest BCUT2D eigenvalue weighted by Crippen LogP contribution is -2.19. The molecule has 1 aromatic heterocycles. The van der Waals surface area contributed by atoms with Crippen molar-refractivity contribution < 1.29 is 0 Å². The first-order valence-corrected chi connectivity index (χ1v) is 3.35. The molecule has 0 aromatic carbocycles. The standard InChI is InChI=1S/C9H9NO/c1-3-7-10-8(2)5-4-6-9(10)11/h1,4-6H,7H2,2H3. The maximum Gasteiger partial charge on any atom is 0.251 e. The maximum atomic E-state index is 11.1. The van der Waals surface area contributed by atoms with Gasteiger partial charge >= 0.3 is 0 Å². The van der Waals surface area contributed by atoms with E-state index in [4.69, 9.17) is 6.42 Å². The molecule has 0 amide bonds. The monoisotopic (exact) mass is 147 g/mol. The second kappa shape index (κ2) is 3.07. The first kappa shape index (κ1) is 7.62. The molecule has 0 saturated heterocycles. The number of hydrogen-bond donors (Lipinski definition) is 0. The van der Waals surface area contributed by atoms with Crippen molar-refractivity contribution >= 4 is 0 Å². The number of hydrogen-bond acceptors (Lipinski definition) is 1. The van der Waals surface area contributed by atoms with E-state index in [9.17, 15) is 4.79 Å². The zero-order chi connectivity index (χ0) is 8.27. The van der Waals surface area contributed by atoms with Crippen LogP contribution in [0, 0.1) is 19.3 Å². The Kier molecular flexibility index (Phi) is 2.12. The molecule has 0 fully saturated rings. The molecule has 56 valence electrons. The van der Waals surface area contributed by atoms with Gasteiger partial charge in [0.1, 0.15) is 0 Å². The van der Waals surface area contributed by atoms with Crippen molar-refractivity contribution in [3.05, 3.63) is 34.2 Å². The Morgan fingerprint density at radius 1 is 1.64 bits per heavy atom. The van der Waals surface area contributed by atoms with Crippen molar-refractivity contribution in [2.24, 2.45) is 0 Å². The van der Waals surface area contributed by atoms with Gasteiger partial charge in [-0.05, 0) is 13.0 Å². The fourth-order valence-electron chi connectivity index (χ4n) is 0.917. The molecule has 1 heterocycles. The van der Waals surface area contributed by atoms with Crippen molar-refractivity contribution in [2.75, 3.05) is 0 Å². The van der Waals surface area contributed by atoms with E-state index in [2.05, 4.69) is 5.92 Å². The summed E-state index contributed by atoms with van der Waals surface area (Å²) in [4.78, 5) is 11.1. The highest BCUT2D eigenvalue weighted by atomic mass is 16.1. The molecule has 0 unspecified atom stereocenters. The van der Waals surface area contributed by atoms with Crippen LogP contribution in [0.1, 0.15) is 5.69 Å². The van der Waals surface area contributed by atoms with Crippen LogP contribution in [0.4, 0.5) is 0 Å². The molecule has 1 rings (SSSR count). The van der Waals surface area contributed by atoms with Gasteiger partial charge in [0.15, 0.2) is 0 Å². The molecule has 0 atom stereocenters. The molecule has 0 spiro atoms. The Labute approximate surface area is 65.5 Å². The fraction of sp³-hybridized carbons (Fsp3) is 0.222. The Bertz CT molecular complexity index is 343. The lowest BCUT2D eigenvalue weighted by molar-refractivity contribution is 0.762. The summed E-state index contributed by atoms with van der Waals surface area (Å²) in [6.07, 6.45) is 5.09. The number of rotatable bonds is 1. The van der Waals surface area contributed by atoms with E-state index in [1.807, 2.05) is 13.0 Å². The second-order valence-corrected chi connectivity index (χ2v) is 2.30. The van der Waals surface area contributed by atoms with Crippen LogP contribution < -0.4 is 5.56 Å². The van der Waals surface area contributed by atoms with E-state index in [0.717, 1.165) is 5.69 Å². The van der Waals surface area contributed by atoms with Gasteiger partial charge < -0.3 is 4.57 Å². The van der Waals surface area contributed by atoms with E-state index in [1.165, 1.54) is 6.07 Å². The normalized spacial score (nSPS) is 9.09. The number of pyridine rings is 1. The van der Waals surface area contributed by atoms with E-state index in [1.54, 1.807) is 10.6 Å². The van der Waals surface area contributed by atoms with Crippen LogP contribution in [0.3, 0.4) is 0 Å². The minimum atomic E-state index is -0.0389. The zero-order valence-corrected chi connectivity index (χ0v) is 6.37. The smallest absolute Gasteiger partial charge is 0.251 e. The van der Waals surface area contributed by atoms with E-state index >= 15 is 0 Å². The van der Waals surface area contributed by atoms with Gasteiger partial charge in [-0.2, -0.15) is 0 Å². The molecule has 2 nitrogen and oxygen atoms in total. The maximum absolute atomic E-state index is 11.1. The lowest BCUT2D eigenvalue weighted by atomic mass is 10.3. The summed E-state index contributed by atoms with van der Waals surface area (Å²) in [7, 11) is 0. The Morgan fingerprint density at radius 3 is 2.91 bits per heavy atom. The van der Waals surface area contributed by atoms with Gasteiger partial charge in [0.25, 0.3) is 5.56 Å². The molecule has 0 radical (unpaired) electrons. The molecule has 0 N–H and O–H groups in total. The fourth-order valence-corrected chi connectivity index (χ4v) is 0.917. The molecule has 0 saturated carbocycles. The van der Waals surface area contributed by atoms with Gasteiger partial charge in [-0.25, -0.2) is 0 Å². The highest BCUT2D eigenvalue weighted by molar-refractivity contribution is 5.06. The van der Waals surface area contributed by atoms with Crippen molar-refractivity contribution in [1.29, 1.82) is 0 Å². The SMILES string of the molecule is C#CCn1c(C)cccc1=O. The molecule has 1 aromatic rings. The van der Waals surface area contributed by atoms with Crippen LogP contribution >= 0.6 is 0 Å². The lowest BCUT2D eigenvalue weighted by Gasteiger charge is -2.03. The third kappa shape index (κ3) is 1.50. The molecule has 11 heavy (non-hydrogen) atoms. The largest absolute Gasteiger partial charge is 0.301 e. The van der Waals surface area contributed by atoms with Crippen LogP contribution in [0.2, 0.25) is 0 Å². The first-order chi connectivity index (χ1) is 5.25. The van der Waals surface area contributed by atoms with Crippen molar-refractivity contribution in [3.63, 3.8) is 0 Å². The van der Waals surface area contributed by atoms with Gasteiger partial charge in [0.2, 0.25) is 0 Å². The van der Waals surface area contributed by atoms with E-state index in [0.29, 0.717) is 6.54 Å². The number of aromatic nitrogens is 1. The third-order valence-electron chi connectivity index (χ3n) is 1.52. The Hall–Kier alpha value is -1.49. The summed E-state index contributed by atoms with van der Waals surface area (Å²) in [6, 6.07) is 5.09. The average molecular weight is 147 g/mol. The highest BCUT2D eigenvalue weighted by Gasteiger charge is 1.94. The molecule has 0 bridgehead atoms. The Balaban J connectivity index is 3.24. The molecule has 0 aliphatic carbocycles. The van der Waals surface area contributed by atoms with Crippen LogP contribution in [0.15, 0.2) is 23.0 Å². The topological polar surface area (TPSA) is 22.0 Å². The quantitative estimate of drug-likeness (QED) is 0.538. The van der Waals surface area contributed by atoms with Crippen LogP contribution in [-0.2, 0) is 6.54 Å². The summed E-state index contributed by atoms with van der Waals surface area (Å²) in [5, 5.41) is 0. The summed E-state index contributed by atoms with van der Waals surface area (Å²) >= 11 is 0. The molecule has 0 aliphatic heterocycles. The summed E-state index contributed by atoms with van der Waals surface area (Å²) in [5.74, 6) is 2.43. The third-order valence-corrected chi connectivity index (χ3v) is 1.52. The number of terminal acetylenes is 1. The van der Waals surface area contributed by atoms with Crippen molar-refractivity contribution in [2.45, 2.75) is 13.5 Å². The molecular weight excluding hydrogens is 138 g/mol. The minimum absolute atomic E-state index is 0.0389. The Morgan fingerprint density at radius 2 is 2.36 bits per heavy atom. The number of aryl methyl sites for hydroxylation is 1. The van der Waals surface area contributed by atoms with Crippen LogP contribution in [-0.4, -0.2) is 4.57 Å². The molecule has 2 heteroatoms. The van der Waals surface area contributed by atoms with Gasteiger partial charge in [-0.1, -0.05) is 12.0 Å². The van der Waals surface area contributed by atoms with Crippen molar-refractivity contribution in [3.8, 4) is 12.3 Å². The summed E-state index contributed by atoms with van der Waals surface area (Å²) in [6.45, 7) is 2.21. The predicted molar refractivity (Wildman–Crippen MR) is 44.3 cm³/mol. The predicted octanol–water partition coefficient (Wildman–Crippen LogP) is 0.790. The highest BCUT2D eigenvalue weighted by Crippen LogP contribution is 1.91. The molecule has 0 aliphatic rings.